The van der Waals surface area contributed by atoms with Crippen molar-refractivity contribution in [1.29, 1.82) is 0 Å². The lowest BCUT2D eigenvalue weighted by atomic mass is 10.1. The molecule has 1 N–H and O–H groups in total. The van der Waals surface area contributed by atoms with E-state index in [0.29, 0.717) is 30.1 Å². The minimum Gasteiger partial charge on any atom is -0.467 e. The Balaban J connectivity index is 1.40. The van der Waals surface area contributed by atoms with Crippen molar-refractivity contribution in [1.82, 2.24) is 4.90 Å². The highest BCUT2D eigenvalue weighted by molar-refractivity contribution is 5.98. The molecule has 2 aliphatic heterocycles. The molecule has 2 aromatic rings. The lowest BCUT2D eigenvalue weighted by molar-refractivity contribution is -0.128. The van der Waals surface area contributed by atoms with Gasteiger partial charge < -0.3 is 19.4 Å². The van der Waals surface area contributed by atoms with Crippen molar-refractivity contribution in [3.8, 4) is 0 Å². The van der Waals surface area contributed by atoms with E-state index in [9.17, 15) is 14.4 Å². The van der Waals surface area contributed by atoms with Crippen molar-refractivity contribution in [2.75, 3.05) is 11.9 Å². The van der Waals surface area contributed by atoms with E-state index in [4.69, 9.17) is 9.15 Å². The van der Waals surface area contributed by atoms with Crippen LogP contribution in [0.4, 0.5) is 5.69 Å². The molecule has 1 saturated heterocycles. The number of benzene rings is 1. The van der Waals surface area contributed by atoms with Crippen molar-refractivity contribution >= 4 is 23.5 Å². The van der Waals surface area contributed by atoms with Crippen LogP contribution in [0.25, 0.3) is 0 Å². The van der Waals surface area contributed by atoms with Crippen LogP contribution in [0.3, 0.4) is 0 Å². The minimum absolute atomic E-state index is 0.0653. The fraction of sp³-hybridized carbons (Fsp3) is 0.278. The highest BCUT2D eigenvalue weighted by Crippen LogP contribution is 2.25. The third kappa shape index (κ3) is 3.00. The first kappa shape index (κ1) is 15.4. The molecule has 0 radical (unpaired) electrons. The van der Waals surface area contributed by atoms with E-state index in [0.717, 1.165) is 5.56 Å². The number of hydrogen-bond donors (Lipinski definition) is 1. The summed E-state index contributed by atoms with van der Waals surface area (Å²) in [5.74, 6) is -0.334. The largest absolute Gasteiger partial charge is 0.467 e. The van der Waals surface area contributed by atoms with Crippen LogP contribution >= 0.6 is 0 Å². The zero-order valence-corrected chi connectivity index (χ0v) is 13.4. The van der Waals surface area contributed by atoms with Crippen LogP contribution in [-0.4, -0.2) is 29.2 Å². The normalized spacial score (nSPS) is 19.0. The maximum Gasteiger partial charge on any atom is 0.338 e. The van der Waals surface area contributed by atoms with E-state index < -0.39 is 5.92 Å². The molecule has 0 bridgehead atoms. The van der Waals surface area contributed by atoms with Crippen molar-refractivity contribution in [2.24, 2.45) is 5.92 Å². The van der Waals surface area contributed by atoms with E-state index in [1.165, 1.54) is 0 Å². The average Bonchev–Trinajstić information content (AvgIpc) is 3.31. The third-order valence-electron chi connectivity index (χ3n) is 4.46. The van der Waals surface area contributed by atoms with Crippen LogP contribution in [-0.2, 0) is 27.5 Å². The van der Waals surface area contributed by atoms with E-state index in [1.54, 1.807) is 41.5 Å². The summed E-state index contributed by atoms with van der Waals surface area (Å²) < 4.78 is 10.2. The topological polar surface area (TPSA) is 88.8 Å². The van der Waals surface area contributed by atoms with Gasteiger partial charge in [0.15, 0.2) is 0 Å². The van der Waals surface area contributed by atoms with Crippen LogP contribution in [0.2, 0.25) is 0 Å². The van der Waals surface area contributed by atoms with Gasteiger partial charge in [-0.25, -0.2) is 4.79 Å². The number of carbonyl (C=O) groups excluding carboxylic acids is 3. The first-order chi connectivity index (χ1) is 12.1. The Hall–Kier alpha value is -3.09. The predicted molar refractivity (Wildman–Crippen MR) is 86.4 cm³/mol. The molecular formula is C18H16N2O5. The van der Waals surface area contributed by atoms with Gasteiger partial charge in [-0.15, -0.1) is 0 Å². The zero-order chi connectivity index (χ0) is 17.4. The van der Waals surface area contributed by atoms with Gasteiger partial charge in [-0.1, -0.05) is 0 Å². The van der Waals surface area contributed by atoms with E-state index >= 15 is 0 Å². The van der Waals surface area contributed by atoms with Gasteiger partial charge in [0.1, 0.15) is 12.4 Å². The van der Waals surface area contributed by atoms with Crippen LogP contribution in [0.5, 0.6) is 0 Å². The summed E-state index contributed by atoms with van der Waals surface area (Å²) in [6.45, 7) is 0.947. The monoisotopic (exact) mass is 340 g/mol. The molecule has 7 heteroatoms. The number of nitrogens with zero attached hydrogens (tertiary/aromatic N) is 1. The number of furan rings is 1. The standard InChI is InChI=1S/C18H16N2O5/c21-16-7-11(8-20(16)9-14-2-1-5-24-14)17(22)19-13-3-4-15-12(6-13)10-25-18(15)23/h1-6,11H,7-10H2,(H,19,22). The number of hydrogen-bond acceptors (Lipinski definition) is 5. The second kappa shape index (κ2) is 6.08. The number of anilines is 1. The van der Waals surface area contributed by atoms with Crippen LogP contribution in [0.15, 0.2) is 41.0 Å². The number of nitrogens with one attached hydrogen (secondary N) is 1. The lowest BCUT2D eigenvalue weighted by Crippen LogP contribution is -2.27. The molecule has 128 valence electrons. The summed E-state index contributed by atoms with van der Waals surface area (Å²) >= 11 is 0. The van der Waals surface area contributed by atoms with Crippen LogP contribution < -0.4 is 5.32 Å². The maximum absolute atomic E-state index is 12.5. The number of amides is 2. The highest BCUT2D eigenvalue weighted by atomic mass is 16.5. The molecule has 25 heavy (non-hydrogen) atoms. The maximum atomic E-state index is 12.5. The Morgan fingerprint density at radius 1 is 1.28 bits per heavy atom. The number of esters is 1. The number of fused-ring (bicyclic) bond motifs is 1. The smallest absolute Gasteiger partial charge is 0.338 e. The third-order valence-corrected chi connectivity index (χ3v) is 4.46. The molecule has 1 fully saturated rings. The summed E-state index contributed by atoms with van der Waals surface area (Å²) in [6.07, 6.45) is 1.74. The summed E-state index contributed by atoms with van der Waals surface area (Å²) in [4.78, 5) is 37.6. The van der Waals surface area contributed by atoms with Crippen molar-refractivity contribution in [3.63, 3.8) is 0 Å². The molecule has 1 aromatic carbocycles. The number of carbonyl (C=O) groups is 3. The summed E-state index contributed by atoms with van der Waals surface area (Å²) in [6, 6.07) is 8.61. The van der Waals surface area contributed by atoms with Gasteiger partial charge in [0, 0.05) is 24.2 Å². The van der Waals surface area contributed by atoms with Gasteiger partial charge in [0.05, 0.1) is 24.3 Å². The van der Waals surface area contributed by atoms with E-state index in [-0.39, 0.29) is 30.8 Å². The number of rotatable bonds is 4. The molecule has 0 saturated carbocycles. The lowest BCUT2D eigenvalue weighted by Gasteiger charge is -2.15. The molecule has 2 amide bonds. The molecule has 7 nitrogen and oxygen atoms in total. The SMILES string of the molecule is O=C1OCc2cc(NC(=O)C3CC(=O)N(Cc4ccco4)C3)ccc21. The first-order valence-corrected chi connectivity index (χ1v) is 8.01. The molecule has 2 aliphatic rings. The summed E-state index contributed by atoms with van der Waals surface area (Å²) in [5.41, 5.74) is 1.88. The summed E-state index contributed by atoms with van der Waals surface area (Å²) in [5, 5.41) is 2.82. The molecule has 4 rings (SSSR count). The second-order valence-corrected chi connectivity index (χ2v) is 6.19. The second-order valence-electron chi connectivity index (χ2n) is 6.19. The zero-order valence-electron chi connectivity index (χ0n) is 13.4. The molecule has 3 heterocycles. The molecule has 1 unspecified atom stereocenters. The first-order valence-electron chi connectivity index (χ1n) is 8.01. The van der Waals surface area contributed by atoms with Gasteiger partial charge in [-0.05, 0) is 30.3 Å². The molecule has 1 atom stereocenters. The number of cyclic esters (lactones) is 1. The highest BCUT2D eigenvalue weighted by Gasteiger charge is 2.34. The fourth-order valence-corrected chi connectivity index (χ4v) is 3.15. The summed E-state index contributed by atoms with van der Waals surface area (Å²) in [7, 11) is 0. The van der Waals surface area contributed by atoms with Crippen LogP contribution in [0.1, 0.15) is 28.1 Å². The van der Waals surface area contributed by atoms with Crippen molar-refractivity contribution in [3.05, 3.63) is 53.5 Å². The number of ether oxygens (including phenoxy) is 1. The average molecular weight is 340 g/mol. The Kier molecular flexibility index (Phi) is 3.76. The van der Waals surface area contributed by atoms with Gasteiger partial charge in [0.2, 0.25) is 11.8 Å². The van der Waals surface area contributed by atoms with Crippen molar-refractivity contribution < 1.29 is 23.5 Å². The Labute approximate surface area is 143 Å². The number of likely N-dealkylation sites (tertiary alicyclic amines) is 1. The molecule has 0 spiro atoms. The van der Waals surface area contributed by atoms with Gasteiger partial charge in [0.25, 0.3) is 0 Å². The minimum atomic E-state index is -0.409. The molecule has 1 aromatic heterocycles. The Morgan fingerprint density at radius 2 is 2.16 bits per heavy atom. The Morgan fingerprint density at radius 3 is 2.96 bits per heavy atom. The Bertz CT molecular complexity index is 843. The van der Waals surface area contributed by atoms with Crippen LogP contribution in [0, 0.1) is 5.92 Å². The van der Waals surface area contributed by atoms with E-state index in [2.05, 4.69) is 5.32 Å². The van der Waals surface area contributed by atoms with Gasteiger partial charge in [-0.3, -0.25) is 9.59 Å². The quantitative estimate of drug-likeness (QED) is 0.859. The van der Waals surface area contributed by atoms with Gasteiger partial charge >= 0.3 is 5.97 Å². The molecular weight excluding hydrogens is 324 g/mol. The van der Waals surface area contributed by atoms with E-state index in [1.807, 2.05) is 0 Å². The predicted octanol–water partition coefficient (Wildman–Crippen LogP) is 1.94. The molecule has 0 aliphatic carbocycles. The fourth-order valence-electron chi connectivity index (χ4n) is 3.15. The van der Waals surface area contributed by atoms with Crippen molar-refractivity contribution in [2.45, 2.75) is 19.6 Å². The van der Waals surface area contributed by atoms with Gasteiger partial charge in [-0.2, -0.15) is 0 Å².